The maximum atomic E-state index is 12.2. The molecule has 2 aromatic rings. The number of amides is 1. The monoisotopic (exact) mass is 333 g/mol. The van der Waals surface area contributed by atoms with E-state index in [1.807, 2.05) is 55.0 Å². The van der Waals surface area contributed by atoms with Crippen LogP contribution >= 0.6 is 23.5 Å². The van der Waals surface area contributed by atoms with E-state index in [2.05, 4.69) is 5.32 Å². The van der Waals surface area contributed by atoms with E-state index < -0.39 is 6.10 Å². The predicted molar refractivity (Wildman–Crippen MR) is 93.7 cm³/mol. The molecular weight excluding hydrogens is 314 g/mol. The number of carbonyl (C=O) groups is 1. The highest BCUT2D eigenvalue weighted by Crippen LogP contribution is 2.21. The fourth-order valence-corrected chi connectivity index (χ4v) is 3.06. The van der Waals surface area contributed by atoms with E-state index in [4.69, 9.17) is 0 Å². The van der Waals surface area contributed by atoms with Gasteiger partial charge in [0.05, 0.1) is 11.7 Å². The van der Waals surface area contributed by atoms with E-state index in [1.54, 1.807) is 17.8 Å². The van der Waals surface area contributed by atoms with Gasteiger partial charge in [0.15, 0.2) is 0 Å². The van der Waals surface area contributed by atoms with Gasteiger partial charge in [-0.2, -0.15) is 0 Å². The molecule has 1 unspecified atom stereocenters. The lowest BCUT2D eigenvalue weighted by Crippen LogP contribution is -2.28. The molecule has 5 heteroatoms. The molecule has 2 aromatic carbocycles. The van der Waals surface area contributed by atoms with Gasteiger partial charge in [-0.05, 0) is 42.3 Å². The molecule has 0 bridgehead atoms. The first-order chi connectivity index (χ1) is 10.7. The van der Waals surface area contributed by atoms with Crippen molar-refractivity contribution in [3.63, 3.8) is 0 Å². The molecule has 0 radical (unpaired) electrons. The quantitative estimate of drug-likeness (QED) is 0.793. The topological polar surface area (TPSA) is 49.3 Å². The van der Waals surface area contributed by atoms with Crippen molar-refractivity contribution in [3.8, 4) is 0 Å². The molecular formula is C17H19NO2S2. The normalized spacial score (nSPS) is 12.0. The lowest BCUT2D eigenvalue weighted by Gasteiger charge is -2.13. The average Bonchev–Trinajstić information content (AvgIpc) is 2.59. The number of rotatable bonds is 6. The van der Waals surface area contributed by atoms with Crippen molar-refractivity contribution < 1.29 is 9.90 Å². The molecule has 0 aliphatic heterocycles. The minimum atomic E-state index is -0.707. The summed E-state index contributed by atoms with van der Waals surface area (Å²) in [5.74, 6) is -0.162. The number of thioether (sulfide) groups is 2. The Labute approximate surface area is 139 Å². The molecule has 0 aliphatic carbocycles. The minimum Gasteiger partial charge on any atom is -0.387 e. The summed E-state index contributed by atoms with van der Waals surface area (Å²) in [6.45, 7) is 0.195. The van der Waals surface area contributed by atoms with Crippen molar-refractivity contribution in [2.75, 3.05) is 19.1 Å². The standard InChI is InChI=1S/C17H19NO2S2/c1-21-13-9-7-12(8-10-13)15(19)11-18-17(20)14-5-3-4-6-16(14)22-2/h3-10,15,19H,11H2,1-2H3,(H,18,20). The average molecular weight is 333 g/mol. The Morgan fingerprint density at radius 3 is 2.41 bits per heavy atom. The highest BCUT2D eigenvalue weighted by atomic mass is 32.2. The molecule has 0 saturated carbocycles. The summed E-state index contributed by atoms with van der Waals surface area (Å²) in [5, 5.41) is 13.0. The molecule has 0 saturated heterocycles. The molecule has 2 rings (SSSR count). The summed E-state index contributed by atoms with van der Waals surface area (Å²) in [7, 11) is 0. The number of carbonyl (C=O) groups excluding carboxylic acids is 1. The SMILES string of the molecule is CSc1ccc(C(O)CNC(=O)c2ccccc2SC)cc1. The Balaban J connectivity index is 1.97. The Morgan fingerprint density at radius 2 is 1.77 bits per heavy atom. The summed E-state index contributed by atoms with van der Waals surface area (Å²) in [6.07, 6.45) is 3.24. The second-order valence-electron chi connectivity index (χ2n) is 4.70. The van der Waals surface area contributed by atoms with E-state index in [-0.39, 0.29) is 12.5 Å². The fourth-order valence-electron chi connectivity index (χ4n) is 2.06. The van der Waals surface area contributed by atoms with Gasteiger partial charge in [0.25, 0.3) is 5.91 Å². The van der Waals surface area contributed by atoms with E-state index >= 15 is 0 Å². The lowest BCUT2D eigenvalue weighted by atomic mass is 10.1. The van der Waals surface area contributed by atoms with Crippen LogP contribution in [0.3, 0.4) is 0 Å². The minimum absolute atomic E-state index is 0.162. The third kappa shape index (κ3) is 4.29. The van der Waals surface area contributed by atoms with Crippen molar-refractivity contribution in [2.24, 2.45) is 0 Å². The first-order valence-corrected chi connectivity index (χ1v) is 9.34. The zero-order chi connectivity index (χ0) is 15.9. The Bertz CT molecular complexity index is 629. The van der Waals surface area contributed by atoms with Crippen LogP contribution in [0.15, 0.2) is 58.3 Å². The smallest absolute Gasteiger partial charge is 0.252 e. The van der Waals surface area contributed by atoms with Gasteiger partial charge in [-0.3, -0.25) is 4.79 Å². The molecule has 2 N–H and O–H groups in total. The van der Waals surface area contributed by atoms with E-state index in [0.717, 1.165) is 15.4 Å². The summed E-state index contributed by atoms with van der Waals surface area (Å²) < 4.78 is 0. The second kappa shape index (κ2) is 8.27. The Kier molecular flexibility index (Phi) is 6.36. The summed E-state index contributed by atoms with van der Waals surface area (Å²) in [4.78, 5) is 14.3. The zero-order valence-electron chi connectivity index (χ0n) is 12.6. The number of hydrogen-bond acceptors (Lipinski definition) is 4. The van der Waals surface area contributed by atoms with E-state index in [1.165, 1.54) is 11.8 Å². The van der Waals surface area contributed by atoms with Crippen LogP contribution in [0.4, 0.5) is 0 Å². The number of aliphatic hydroxyl groups excluding tert-OH is 1. The van der Waals surface area contributed by atoms with Crippen LogP contribution in [0.2, 0.25) is 0 Å². The van der Waals surface area contributed by atoms with Crippen molar-refractivity contribution >= 4 is 29.4 Å². The number of aliphatic hydroxyl groups is 1. The molecule has 0 spiro atoms. The third-order valence-corrected chi connectivity index (χ3v) is 4.85. The van der Waals surface area contributed by atoms with Gasteiger partial charge in [-0.1, -0.05) is 24.3 Å². The Hall–Kier alpha value is -1.43. The fraction of sp³-hybridized carbons (Fsp3) is 0.235. The molecule has 3 nitrogen and oxygen atoms in total. The summed E-state index contributed by atoms with van der Waals surface area (Å²) in [5.41, 5.74) is 1.44. The van der Waals surface area contributed by atoms with Crippen molar-refractivity contribution in [3.05, 3.63) is 59.7 Å². The van der Waals surface area contributed by atoms with E-state index in [0.29, 0.717) is 5.56 Å². The number of nitrogens with one attached hydrogen (secondary N) is 1. The van der Waals surface area contributed by atoms with Crippen LogP contribution in [-0.4, -0.2) is 30.1 Å². The van der Waals surface area contributed by atoms with Gasteiger partial charge in [0.1, 0.15) is 0 Å². The van der Waals surface area contributed by atoms with Gasteiger partial charge >= 0.3 is 0 Å². The van der Waals surface area contributed by atoms with E-state index in [9.17, 15) is 9.90 Å². The van der Waals surface area contributed by atoms with Crippen molar-refractivity contribution in [1.82, 2.24) is 5.32 Å². The van der Waals surface area contributed by atoms with Crippen LogP contribution in [-0.2, 0) is 0 Å². The molecule has 0 aliphatic rings. The Morgan fingerprint density at radius 1 is 1.09 bits per heavy atom. The lowest BCUT2D eigenvalue weighted by molar-refractivity contribution is 0.0913. The molecule has 0 fully saturated rings. The number of benzene rings is 2. The van der Waals surface area contributed by atoms with Gasteiger partial charge in [0, 0.05) is 16.3 Å². The molecule has 1 atom stereocenters. The van der Waals surface area contributed by atoms with Crippen LogP contribution < -0.4 is 5.32 Å². The van der Waals surface area contributed by atoms with Crippen LogP contribution in [0.25, 0.3) is 0 Å². The molecule has 22 heavy (non-hydrogen) atoms. The van der Waals surface area contributed by atoms with Gasteiger partial charge < -0.3 is 10.4 Å². The summed E-state index contributed by atoms with van der Waals surface area (Å²) >= 11 is 3.19. The molecule has 0 aromatic heterocycles. The highest BCUT2D eigenvalue weighted by Gasteiger charge is 2.13. The molecule has 0 heterocycles. The first-order valence-electron chi connectivity index (χ1n) is 6.89. The van der Waals surface area contributed by atoms with Crippen LogP contribution in [0.5, 0.6) is 0 Å². The number of hydrogen-bond donors (Lipinski definition) is 2. The van der Waals surface area contributed by atoms with Crippen molar-refractivity contribution in [2.45, 2.75) is 15.9 Å². The highest BCUT2D eigenvalue weighted by molar-refractivity contribution is 7.98. The van der Waals surface area contributed by atoms with Crippen LogP contribution in [0, 0.1) is 0 Å². The second-order valence-corrected chi connectivity index (χ2v) is 6.43. The third-order valence-electron chi connectivity index (χ3n) is 3.31. The van der Waals surface area contributed by atoms with Gasteiger partial charge in [0.2, 0.25) is 0 Å². The maximum Gasteiger partial charge on any atom is 0.252 e. The predicted octanol–water partition coefficient (Wildman–Crippen LogP) is 3.59. The largest absolute Gasteiger partial charge is 0.387 e. The first kappa shape index (κ1) is 16.9. The molecule has 116 valence electrons. The summed E-state index contributed by atoms with van der Waals surface area (Å²) in [6, 6.07) is 15.2. The molecule has 1 amide bonds. The van der Waals surface area contributed by atoms with Crippen molar-refractivity contribution in [1.29, 1.82) is 0 Å². The maximum absolute atomic E-state index is 12.2. The van der Waals surface area contributed by atoms with Gasteiger partial charge in [-0.15, -0.1) is 23.5 Å². The zero-order valence-corrected chi connectivity index (χ0v) is 14.2. The van der Waals surface area contributed by atoms with Gasteiger partial charge in [-0.25, -0.2) is 0 Å². The van der Waals surface area contributed by atoms with Crippen LogP contribution in [0.1, 0.15) is 22.0 Å².